The van der Waals surface area contributed by atoms with Gasteiger partial charge in [-0.3, -0.25) is 5.43 Å². The lowest BCUT2D eigenvalue weighted by atomic mass is 10.3. The fourth-order valence-corrected chi connectivity index (χ4v) is 2.54. The molecule has 1 heterocycles. The Hall–Kier alpha value is -0.640. The molecule has 0 unspecified atom stereocenters. The Morgan fingerprint density at radius 1 is 1.39 bits per heavy atom. The molecule has 18 heavy (non-hydrogen) atoms. The summed E-state index contributed by atoms with van der Waals surface area (Å²) in [4.78, 5) is 8.19. The van der Waals surface area contributed by atoms with Crippen LogP contribution in [-0.2, 0) is 0 Å². The van der Waals surface area contributed by atoms with E-state index >= 15 is 0 Å². The third-order valence-electron chi connectivity index (χ3n) is 2.06. The highest BCUT2D eigenvalue weighted by molar-refractivity contribution is 14.1. The highest BCUT2D eigenvalue weighted by Gasteiger charge is 2.07. The minimum Gasteiger partial charge on any atom is -0.338 e. The molecule has 0 aliphatic carbocycles. The van der Waals surface area contributed by atoms with Crippen LogP contribution >= 0.6 is 50.1 Å². The molecule has 0 atom stereocenters. The Labute approximate surface area is 131 Å². The lowest BCUT2D eigenvalue weighted by Crippen LogP contribution is -2.11. The first kappa shape index (κ1) is 13.8. The summed E-state index contributed by atoms with van der Waals surface area (Å²) in [6.07, 6.45) is 1.62. The summed E-state index contributed by atoms with van der Waals surface area (Å²) in [6.45, 7) is 0. The van der Waals surface area contributed by atoms with E-state index in [1.807, 2.05) is 18.2 Å². The molecule has 0 saturated carbocycles. The van der Waals surface area contributed by atoms with Crippen molar-refractivity contribution >= 4 is 67.6 Å². The minimum absolute atomic E-state index is 0.338. The van der Waals surface area contributed by atoms with Crippen molar-refractivity contribution in [2.75, 3.05) is 10.7 Å². The number of hydrazine groups is 1. The molecule has 0 amide bonds. The number of nitrogens with one attached hydrogen (secondary N) is 2. The summed E-state index contributed by atoms with van der Waals surface area (Å²) in [5.41, 5.74) is 3.30. The van der Waals surface area contributed by atoms with Gasteiger partial charge in [0.05, 0.1) is 10.2 Å². The smallest absolute Gasteiger partial charge is 0.239 e. The summed E-state index contributed by atoms with van der Waals surface area (Å²) in [5.74, 6) is 6.24. The molecule has 0 bridgehead atoms. The second-order valence-corrected chi connectivity index (χ2v) is 5.74. The van der Waals surface area contributed by atoms with Gasteiger partial charge in [-0.2, -0.15) is 4.98 Å². The van der Waals surface area contributed by atoms with Gasteiger partial charge in [-0.05, 0) is 56.7 Å². The average molecular weight is 440 g/mol. The van der Waals surface area contributed by atoms with Crippen molar-refractivity contribution in [1.29, 1.82) is 0 Å². The second-order valence-electron chi connectivity index (χ2n) is 3.28. The normalized spacial score (nSPS) is 10.2. The summed E-state index contributed by atoms with van der Waals surface area (Å²) < 4.78 is 1.74. The van der Waals surface area contributed by atoms with Crippen LogP contribution in [-0.4, -0.2) is 9.97 Å². The van der Waals surface area contributed by atoms with Gasteiger partial charge in [0, 0.05) is 14.8 Å². The van der Waals surface area contributed by atoms with Gasteiger partial charge in [0.15, 0.2) is 0 Å². The van der Waals surface area contributed by atoms with E-state index in [1.54, 1.807) is 6.20 Å². The van der Waals surface area contributed by atoms with Gasteiger partial charge in [0.25, 0.3) is 0 Å². The number of anilines is 3. The Balaban J connectivity index is 2.33. The molecule has 0 aliphatic heterocycles. The highest BCUT2D eigenvalue weighted by Crippen LogP contribution is 2.28. The number of benzene rings is 1. The van der Waals surface area contributed by atoms with Crippen LogP contribution < -0.4 is 16.6 Å². The van der Waals surface area contributed by atoms with Crippen molar-refractivity contribution in [3.05, 3.63) is 37.5 Å². The predicted molar refractivity (Wildman–Crippen MR) is 85.0 cm³/mol. The maximum atomic E-state index is 5.90. The van der Waals surface area contributed by atoms with Crippen molar-refractivity contribution in [2.45, 2.75) is 0 Å². The molecule has 0 radical (unpaired) electrons. The van der Waals surface area contributed by atoms with E-state index in [-0.39, 0.29) is 0 Å². The van der Waals surface area contributed by atoms with Crippen molar-refractivity contribution in [1.82, 2.24) is 9.97 Å². The molecule has 1 aromatic carbocycles. The fourth-order valence-electron chi connectivity index (χ4n) is 1.24. The maximum Gasteiger partial charge on any atom is 0.239 e. The van der Waals surface area contributed by atoms with Crippen molar-refractivity contribution in [2.24, 2.45) is 5.84 Å². The van der Waals surface area contributed by atoms with E-state index < -0.39 is 0 Å². The fraction of sp³-hybridized carbons (Fsp3) is 0. The summed E-state index contributed by atoms with van der Waals surface area (Å²) in [6, 6.07) is 5.55. The van der Waals surface area contributed by atoms with E-state index in [1.165, 1.54) is 0 Å². The maximum absolute atomic E-state index is 5.90. The van der Waals surface area contributed by atoms with Crippen LogP contribution in [0.4, 0.5) is 17.5 Å². The molecular formula is C10H8BrClIN5. The average Bonchev–Trinajstić information content (AvgIpc) is 2.35. The standard InChI is InChI=1S/C10H8BrClIN5/c11-6-4-15-10(18-14)17-9(6)16-8-2-1-5(12)3-7(8)13/h1-4H,14H2,(H2,15,16,17,18). The van der Waals surface area contributed by atoms with Gasteiger partial charge in [-0.15, -0.1) is 0 Å². The van der Waals surface area contributed by atoms with E-state index in [9.17, 15) is 0 Å². The molecule has 5 nitrogen and oxygen atoms in total. The molecule has 0 aliphatic rings. The molecular weight excluding hydrogens is 432 g/mol. The summed E-state index contributed by atoms with van der Waals surface area (Å²) >= 11 is 11.5. The number of aromatic nitrogens is 2. The lowest BCUT2D eigenvalue weighted by Gasteiger charge is -2.10. The van der Waals surface area contributed by atoms with Crippen molar-refractivity contribution in [3.8, 4) is 0 Å². The number of nitrogens with zero attached hydrogens (tertiary/aromatic N) is 2. The molecule has 8 heteroatoms. The molecule has 94 valence electrons. The lowest BCUT2D eigenvalue weighted by molar-refractivity contribution is 1.11. The molecule has 2 aromatic rings. The van der Waals surface area contributed by atoms with Crippen molar-refractivity contribution in [3.63, 3.8) is 0 Å². The van der Waals surface area contributed by atoms with E-state index in [0.29, 0.717) is 16.8 Å². The van der Waals surface area contributed by atoms with Crippen LogP contribution in [0.2, 0.25) is 5.02 Å². The van der Waals surface area contributed by atoms with Gasteiger partial charge < -0.3 is 5.32 Å². The number of halogens is 3. The van der Waals surface area contributed by atoms with Crippen LogP contribution in [0.25, 0.3) is 0 Å². The molecule has 0 saturated heterocycles. The van der Waals surface area contributed by atoms with Gasteiger partial charge in [0.1, 0.15) is 5.82 Å². The SMILES string of the molecule is NNc1ncc(Br)c(Nc2ccc(Cl)cc2I)n1. The third kappa shape index (κ3) is 3.22. The number of nitrogen functional groups attached to an aromatic ring is 1. The quantitative estimate of drug-likeness (QED) is 0.387. The number of hydrogen-bond acceptors (Lipinski definition) is 5. The van der Waals surface area contributed by atoms with Gasteiger partial charge in [-0.25, -0.2) is 10.8 Å². The summed E-state index contributed by atoms with van der Waals surface area (Å²) in [7, 11) is 0. The number of rotatable bonds is 3. The highest BCUT2D eigenvalue weighted by atomic mass is 127. The molecule has 2 rings (SSSR count). The van der Waals surface area contributed by atoms with E-state index in [2.05, 4.69) is 59.2 Å². The van der Waals surface area contributed by atoms with Gasteiger partial charge in [0.2, 0.25) is 5.95 Å². The predicted octanol–water partition coefficient (Wildman–Crippen LogP) is 3.53. The zero-order chi connectivity index (χ0) is 13.1. The second kappa shape index (κ2) is 6.00. The Kier molecular flexibility index (Phi) is 4.60. The monoisotopic (exact) mass is 439 g/mol. The Morgan fingerprint density at radius 2 is 2.17 bits per heavy atom. The van der Waals surface area contributed by atoms with Crippen LogP contribution in [0.15, 0.2) is 28.9 Å². The van der Waals surface area contributed by atoms with Crippen LogP contribution in [0.1, 0.15) is 0 Å². The summed E-state index contributed by atoms with van der Waals surface area (Å²) in [5, 5.41) is 3.87. The Bertz CT molecular complexity index is 580. The molecule has 0 fully saturated rings. The van der Waals surface area contributed by atoms with Crippen LogP contribution in [0, 0.1) is 3.57 Å². The van der Waals surface area contributed by atoms with E-state index in [4.69, 9.17) is 17.4 Å². The zero-order valence-corrected chi connectivity index (χ0v) is 13.4. The topological polar surface area (TPSA) is 75.9 Å². The number of hydrogen-bond donors (Lipinski definition) is 3. The van der Waals surface area contributed by atoms with Crippen LogP contribution in [0.5, 0.6) is 0 Å². The first-order valence-electron chi connectivity index (χ1n) is 4.81. The first-order chi connectivity index (χ1) is 8.60. The third-order valence-corrected chi connectivity index (χ3v) is 3.77. The van der Waals surface area contributed by atoms with Gasteiger partial charge >= 0.3 is 0 Å². The first-order valence-corrected chi connectivity index (χ1v) is 7.06. The van der Waals surface area contributed by atoms with E-state index in [0.717, 1.165) is 13.7 Å². The van der Waals surface area contributed by atoms with Crippen LogP contribution in [0.3, 0.4) is 0 Å². The molecule has 4 N–H and O–H groups in total. The molecule has 0 spiro atoms. The zero-order valence-electron chi connectivity index (χ0n) is 8.92. The molecule has 1 aromatic heterocycles. The minimum atomic E-state index is 0.338. The number of nitrogens with two attached hydrogens (primary N) is 1. The Morgan fingerprint density at radius 3 is 2.83 bits per heavy atom. The van der Waals surface area contributed by atoms with Crippen molar-refractivity contribution < 1.29 is 0 Å². The largest absolute Gasteiger partial charge is 0.338 e. The van der Waals surface area contributed by atoms with Gasteiger partial charge in [-0.1, -0.05) is 11.6 Å².